The van der Waals surface area contributed by atoms with Crippen LogP contribution in [0.2, 0.25) is 0 Å². The van der Waals surface area contributed by atoms with Crippen molar-refractivity contribution in [2.75, 3.05) is 40.4 Å². The molecule has 4 nitrogen and oxygen atoms in total. The van der Waals surface area contributed by atoms with Crippen molar-refractivity contribution >= 4 is 0 Å². The van der Waals surface area contributed by atoms with Crippen molar-refractivity contribution < 1.29 is 9.13 Å². The Morgan fingerprint density at radius 1 is 1.52 bits per heavy atom. The molecule has 0 radical (unpaired) electrons. The zero-order valence-corrected chi connectivity index (χ0v) is 13.0. The lowest BCUT2D eigenvalue weighted by Crippen LogP contribution is -2.33. The van der Waals surface area contributed by atoms with Crippen LogP contribution in [0.4, 0.5) is 4.39 Å². The molecular weight excluding hydrogens is 269 g/mol. The number of ether oxygens (including phenoxy) is 1. The Kier molecular flexibility index (Phi) is 6.54. The highest BCUT2D eigenvalue weighted by Gasteiger charge is 2.17. The summed E-state index contributed by atoms with van der Waals surface area (Å²) in [5, 5.41) is 3.26. The van der Waals surface area contributed by atoms with E-state index in [2.05, 4.69) is 22.2 Å². The Bertz CT molecular complexity index is 406. The molecule has 2 atom stereocenters. The van der Waals surface area contributed by atoms with Crippen LogP contribution < -0.4 is 5.32 Å². The first kappa shape index (κ1) is 16.3. The molecule has 1 aliphatic rings. The molecule has 0 spiro atoms. The predicted octanol–water partition coefficient (Wildman–Crippen LogP) is 2.23. The molecule has 0 aliphatic carbocycles. The lowest BCUT2D eigenvalue weighted by molar-refractivity contribution is 0.0416. The fourth-order valence-electron chi connectivity index (χ4n) is 2.87. The van der Waals surface area contributed by atoms with E-state index in [4.69, 9.17) is 4.74 Å². The van der Waals surface area contributed by atoms with E-state index >= 15 is 0 Å². The van der Waals surface area contributed by atoms with Gasteiger partial charge in [-0.05, 0) is 58.0 Å². The van der Waals surface area contributed by atoms with Crippen LogP contribution in [0.1, 0.15) is 31.0 Å². The molecule has 2 unspecified atom stereocenters. The van der Waals surface area contributed by atoms with Crippen molar-refractivity contribution in [1.29, 1.82) is 0 Å². The van der Waals surface area contributed by atoms with Gasteiger partial charge in [0.1, 0.15) is 5.82 Å². The molecule has 21 heavy (non-hydrogen) atoms. The van der Waals surface area contributed by atoms with Crippen LogP contribution in [0.25, 0.3) is 0 Å². The van der Waals surface area contributed by atoms with Crippen molar-refractivity contribution in [3.63, 3.8) is 0 Å². The summed E-state index contributed by atoms with van der Waals surface area (Å²) in [6, 6.07) is 3.39. The summed E-state index contributed by atoms with van der Waals surface area (Å²) in [7, 11) is 4.07. The van der Waals surface area contributed by atoms with Crippen LogP contribution in [-0.2, 0) is 4.74 Å². The highest BCUT2D eigenvalue weighted by Crippen LogP contribution is 2.17. The summed E-state index contributed by atoms with van der Waals surface area (Å²) in [6.45, 7) is 3.87. The van der Waals surface area contributed by atoms with Crippen molar-refractivity contribution in [3.8, 4) is 0 Å². The average molecular weight is 295 g/mol. The van der Waals surface area contributed by atoms with Gasteiger partial charge in [-0.3, -0.25) is 4.98 Å². The van der Waals surface area contributed by atoms with Crippen molar-refractivity contribution in [2.24, 2.45) is 5.92 Å². The molecule has 118 valence electrons. The van der Waals surface area contributed by atoms with Crippen molar-refractivity contribution in [2.45, 2.75) is 25.3 Å². The second-order valence-electron chi connectivity index (χ2n) is 5.88. The summed E-state index contributed by atoms with van der Waals surface area (Å²) in [6.07, 6.45) is 4.68. The lowest BCUT2D eigenvalue weighted by atomic mass is 10.0. The number of rotatable bonds is 7. The maximum absolute atomic E-state index is 12.9. The van der Waals surface area contributed by atoms with Crippen LogP contribution in [0.15, 0.2) is 18.3 Å². The highest BCUT2D eigenvalue weighted by molar-refractivity contribution is 5.09. The minimum Gasteiger partial charge on any atom is -0.381 e. The van der Waals surface area contributed by atoms with Gasteiger partial charge in [-0.15, -0.1) is 0 Å². The van der Waals surface area contributed by atoms with E-state index in [1.54, 1.807) is 6.07 Å². The van der Waals surface area contributed by atoms with E-state index in [1.807, 2.05) is 7.05 Å². The molecule has 1 fully saturated rings. The van der Waals surface area contributed by atoms with Crippen molar-refractivity contribution in [1.82, 2.24) is 15.2 Å². The summed E-state index contributed by atoms with van der Waals surface area (Å²) in [4.78, 5) is 6.52. The third kappa shape index (κ3) is 5.34. The first-order valence-corrected chi connectivity index (χ1v) is 7.74. The first-order valence-electron chi connectivity index (χ1n) is 7.74. The minimum absolute atomic E-state index is 0.163. The molecule has 0 saturated carbocycles. The van der Waals surface area contributed by atoms with Gasteiger partial charge in [0, 0.05) is 13.2 Å². The number of nitrogens with zero attached hydrogens (tertiary/aromatic N) is 2. The van der Waals surface area contributed by atoms with Gasteiger partial charge >= 0.3 is 0 Å². The molecule has 1 aromatic heterocycles. The molecule has 0 amide bonds. The summed E-state index contributed by atoms with van der Waals surface area (Å²) in [5.74, 6) is 0.365. The number of aromatic nitrogens is 1. The van der Waals surface area contributed by atoms with E-state index in [0.717, 1.165) is 38.4 Å². The van der Waals surface area contributed by atoms with Crippen LogP contribution in [0.3, 0.4) is 0 Å². The SMILES string of the molecule is CNC(CCN(C)CC1CCCOC1)c1ccc(F)cn1. The van der Waals surface area contributed by atoms with E-state index in [9.17, 15) is 4.39 Å². The Labute approximate surface area is 126 Å². The molecule has 0 aromatic carbocycles. The topological polar surface area (TPSA) is 37.4 Å². The minimum atomic E-state index is -0.289. The quantitative estimate of drug-likeness (QED) is 0.837. The Hall–Kier alpha value is -1.04. The average Bonchev–Trinajstić information content (AvgIpc) is 2.50. The Morgan fingerprint density at radius 3 is 3.00 bits per heavy atom. The monoisotopic (exact) mass is 295 g/mol. The zero-order chi connectivity index (χ0) is 15.1. The van der Waals surface area contributed by atoms with Crippen LogP contribution in [0, 0.1) is 11.7 Å². The number of pyridine rings is 1. The molecule has 1 aromatic rings. The molecule has 5 heteroatoms. The molecule has 1 N–H and O–H groups in total. The highest BCUT2D eigenvalue weighted by atomic mass is 19.1. The normalized spacial score (nSPS) is 20.7. The maximum Gasteiger partial charge on any atom is 0.141 e. The lowest BCUT2D eigenvalue weighted by Gasteiger charge is -2.28. The second-order valence-corrected chi connectivity index (χ2v) is 5.88. The van der Waals surface area contributed by atoms with Gasteiger partial charge in [0.05, 0.1) is 24.5 Å². The molecule has 0 bridgehead atoms. The van der Waals surface area contributed by atoms with E-state index < -0.39 is 0 Å². The standard InChI is InChI=1S/C16H26FN3O/c1-18-15(16-6-5-14(17)10-19-16)7-8-20(2)11-13-4-3-9-21-12-13/h5-6,10,13,15,18H,3-4,7-9,11-12H2,1-2H3. The number of nitrogens with one attached hydrogen (secondary N) is 1. The zero-order valence-electron chi connectivity index (χ0n) is 13.0. The van der Waals surface area contributed by atoms with E-state index in [-0.39, 0.29) is 11.9 Å². The Balaban J connectivity index is 1.77. The molecule has 2 heterocycles. The summed E-state index contributed by atoms with van der Waals surface area (Å²) in [5.41, 5.74) is 0.897. The van der Waals surface area contributed by atoms with Crippen LogP contribution >= 0.6 is 0 Å². The van der Waals surface area contributed by atoms with Crippen LogP contribution in [-0.4, -0.2) is 50.3 Å². The number of hydrogen-bond acceptors (Lipinski definition) is 4. The van der Waals surface area contributed by atoms with Gasteiger partial charge in [0.25, 0.3) is 0 Å². The summed E-state index contributed by atoms with van der Waals surface area (Å²) >= 11 is 0. The molecule has 2 rings (SSSR count). The third-order valence-corrected chi connectivity index (χ3v) is 4.08. The Morgan fingerprint density at radius 2 is 2.38 bits per heavy atom. The van der Waals surface area contributed by atoms with Gasteiger partial charge < -0.3 is 15.0 Å². The number of hydrogen-bond donors (Lipinski definition) is 1. The summed E-state index contributed by atoms with van der Waals surface area (Å²) < 4.78 is 18.5. The van der Waals surface area contributed by atoms with Gasteiger partial charge in [0.15, 0.2) is 0 Å². The fraction of sp³-hybridized carbons (Fsp3) is 0.688. The van der Waals surface area contributed by atoms with E-state index in [0.29, 0.717) is 5.92 Å². The van der Waals surface area contributed by atoms with Gasteiger partial charge in [0.2, 0.25) is 0 Å². The smallest absolute Gasteiger partial charge is 0.141 e. The first-order chi connectivity index (χ1) is 10.2. The predicted molar refractivity (Wildman–Crippen MR) is 81.7 cm³/mol. The maximum atomic E-state index is 12.9. The molecule has 1 saturated heterocycles. The van der Waals surface area contributed by atoms with Crippen LogP contribution in [0.5, 0.6) is 0 Å². The van der Waals surface area contributed by atoms with Gasteiger partial charge in [-0.1, -0.05) is 0 Å². The van der Waals surface area contributed by atoms with Gasteiger partial charge in [-0.25, -0.2) is 4.39 Å². The van der Waals surface area contributed by atoms with Crippen molar-refractivity contribution in [3.05, 3.63) is 29.8 Å². The third-order valence-electron chi connectivity index (χ3n) is 4.08. The number of halogens is 1. The fourth-order valence-corrected chi connectivity index (χ4v) is 2.87. The molecule has 1 aliphatic heterocycles. The largest absolute Gasteiger partial charge is 0.381 e. The van der Waals surface area contributed by atoms with Gasteiger partial charge in [-0.2, -0.15) is 0 Å². The molecular formula is C16H26FN3O. The van der Waals surface area contributed by atoms with E-state index in [1.165, 1.54) is 25.1 Å². The second kappa shape index (κ2) is 8.41.